The fraction of sp³-hybridized carbons (Fsp3) is 0.529. The minimum atomic E-state index is 0.0224. The maximum atomic E-state index is 12.1. The van der Waals surface area contributed by atoms with Crippen molar-refractivity contribution in [2.45, 2.75) is 6.42 Å². The Morgan fingerprint density at radius 1 is 1.30 bits per heavy atom. The molecule has 0 saturated carbocycles. The third kappa shape index (κ3) is 5.15. The molecular weight excluding hydrogens is 290 g/mol. The van der Waals surface area contributed by atoms with E-state index in [0.29, 0.717) is 25.2 Å². The van der Waals surface area contributed by atoms with E-state index in [0.717, 1.165) is 31.7 Å². The predicted molar refractivity (Wildman–Crippen MR) is 91.5 cm³/mol. The van der Waals surface area contributed by atoms with Crippen molar-refractivity contribution in [3.8, 4) is 6.07 Å². The summed E-state index contributed by atoms with van der Waals surface area (Å²) in [5.74, 6) is 0. The molecule has 0 atom stereocenters. The highest BCUT2D eigenvalue weighted by Crippen LogP contribution is 2.17. The average Bonchev–Trinajstić information content (AvgIpc) is 2.58. The van der Waals surface area contributed by atoms with Gasteiger partial charge in [0.15, 0.2) is 0 Å². The molecule has 124 valence electrons. The van der Waals surface area contributed by atoms with Crippen LogP contribution >= 0.6 is 0 Å². The van der Waals surface area contributed by atoms with Gasteiger partial charge in [0.25, 0.3) is 0 Å². The number of hydrogen-bond acceptors (Lipinski definition) is 4. The smallest absolute Gasteiger partial charge is 0.317 e. The second-order valence-corrected chi connectivity index (χ2v) is 6.02. The van der Waals surface area contributed by atoms with Crippen LogP contribution in [-0.2, 0) is 0 Å². The minimum Gasteiger partial charge on any atom is -0.368 e. The summed E-state index contributed by atoms with van der Waals surface area (Å²) in [6, 6.07) is 9.81. The molecule has 2 rings (SSSR count). The molecule has 0 aromatic heterocycles. The zero-order chi connectivity index (χ0) is 16.7. The highest BCUT2D eigenvalue weighted by molar-refractivity contribution is 5.74. The molecule has 2 amide bonds. The van der Waals surface area contributed by atoms with Gasteiger partial charge in [0, 0.05) is 38.4 Å². The van der Waals surface area contributed by atoms with Gasteiger partial charge in [-0.15, -0.1) is 0 Å². The summed E-state index contributed by atoms with van der Waals surface area (Å²) in [7, 11) is 4.06. The molecule has 0 aliphatic carbocycles. The Morgan fingerprint density at radius 3 is 2.70 bits per heavy atom. The van der Waals surface area contributed by atoms with Crippen LogP contribution in [0, 0.1) is 11.3 Å². The number of piperazine rings is 1. The molecule has 1 heterocycles. The molecule has 23 heavy (non-hydrogen) atoms. The number of nitriles is 1. The third-order valence-corrected chi connectivity index (χ3v) is 3.97. The highest BCUT2D eigenvalue weighted by atomic mass is 16.2. The summed E-state index contributed by atoms with van der Waals surface area (Å²) in [6.07, 6.45) is 0.958. The molecule has 6 nitrogen and oxygen atoms in total. The first-order valence-electron chi connectivity index (χ1n) is 8.03. The van der Waals surface area contributed by atoms with Crippen molar-refractivity contribution in [3.63, 3.8) is 0 Å². The van der Waals surface area contributed by atoms with Crippen molar-refractivity contribution < 1.29 is 4.79 Å². The maximum absolute atomic E-state index is 12.1. The summed E-state index contributed by atoms with van der Waals surface area (Å²) < 4.78 is 0. The summed E-state index contributed by atoms with van der Waals surface area (Å²) >= 11 is 0. The number of rotatable bonds is 5. The van der Waals surface area contributed by atoms with E-state index in [9.17, 15) is 4.79 Å². The normalized spacial score (nSPS) is 14.7. The van der Waals surface area contributed by atoms with E-state index in [1.54, 1.807) is 6.07 Å². The van der Waals surface area contributed by atoms with Crippen LogP contribution in [0.3, 0.4) is 0 Å². The number of nitrogens with zero attached hydrogens (tertiary/aromatic N) is 4. The van der Waals surface area contributed by atoms with Crippen LogP contribution in [-0.4, -0.2) is 69.2 Å². The summed E-state index contributed by atoms with van der Waals surface area (Å²) in [6.45, 7) is 4.68. The second-order valence-electron chi connectivity index (χ2n) is 6.02. The number of urea groups is 1. The molecule has 0 radical (unpaired) electrons. The number of anilines is 1. The quantitative estimate of drug-likeness (QED) is 0.833. The Bertz CT molecular complexity index is 558. The standard InChI is InChI=1S/C17H25N5O/c1-20(2)8-4-7-19-17(23)22-11-9-21(10-12-22)16-6-3-5-15(13-16)14-18/h3,5-6,13H,4,7-12H2,1-2H3,(H,19,23). The SMILES string of the molecule is CN(C)CCCNC(=O)N1CCN(c2cccc(C#N)c2)CC1. The number of carbonyl (C=O) groups excluding carboxylic acids is 1. The van der Waals surface area contributed by atoms with Crippen LogP contribution in [0.1, 0.15) is 12.0 Å². The maximum Gasteiger partial charge on any atom is 0.317 e. The molecule has 6 heteroatoms. The first kappa shape index (κ1) is 17.1. The molecular formula is C17H25N5O. The topological polar surface area (TPSA) is 62.6 Å². The van der Waals surface area contributed by atoms with Gasteiger partial charge in [-0.2, -0.15) is 5.26 Å². The molecule has 0 unspecified atom stereocenters. The van der Waals surface area contributed by atoms with E-state index in [-0.39, 0.29) is 6.03 Å². The van der Waals surface area contributed by atoms with Gasteiger partial charge in [0.1, 0.15) is 0 Å². The van der Waals surface area contributed by atoms with Crippen LogP contribution in [0.2, 0.25) is 0 Å². The van der Waals surface area contributed by atoms with E-state index in [1.807, 2.05) is 37.2 Å². The van der Waals surface area contributed by atoms with Crippen molar-refractivity contribution in [2.24, 2.45) is 0 Å². The average molecular weight is 315 g/mol. The molecule has 0 spiro atoms. The lowest BCUT2D eigenvalue weighted by molar-refractivity contribution is 0.194. The lowest BCUT2D eigenvalue weighted by Gasteiger charge is -2.36. The molecule has 1 aromatic carbocycles. The van der Waals surface area contributed by atoms with E-state index in [4.69, 9.17) is 5.26 Å². The Morgan fingerprint density at radius 2 is 2.04 bits per heavy atom. The third-order valence-electron chi connectivity index (χ3n) is 3.97. The molecule has 1 aromatic rings. The van der Waals surface area contributed by atoms with Crippen LogP contribution in [0.25, 0.3) is 0 Å². The van der Waals surface area contributed by atoms with Gasteiger partial charge in [0.2, 0.25) is 0 Å². The fourth-order valence-corrected chi connectivity index (χ4v) is 2.64. The number of hydrogen-bond donors (Lipinski definition) is 1. The molecule has 1 fully saturated rings. The van der Waals surface area contributed by atoms with Gasteiger partial charge >= 0.3 is 6.03 Å². The lowest BCUT2D eigenvalue weighted by Crippen LogP contribution is -2.52. The van der Waals surface area contributed by atoms with E-state index < -0.39 is 0 Å². The van der Waals surface area contributed by atoms with Crippen molar-refractivity contribution in [2.75, 3.05) is 58.3 Å². The number of carbonyl (C=O) groups is 1. The molecule has 1 N–H and O–H groups in total. The van der Waals surface area contributed by atoms with Gasteiger partial charge in [-0.05, 0) is 45.3 Å². The van der Waals surface area contributed by atoms with Gasteiger partial charge in [-0.1, -0.05) is 6.07 Å². The number of benzene rings is 1. The summed E-state index contributed by atoms with van der Waals surface area (Å²) in [5.41, 5.74) is 1.72. The highest BCUT2D eigenvalue weighted by Gasteiger charge is 2.21. The van der Waals surface area contributed by atoms with Crippen LogP contribution in [0.15, 0.2) is 24.3 Å². The first-order valence-corrected chi connectivity index (χ1v) is 8.03. The van der Waals surface area contributed by atoms with Gasteiger partial charge in [0.05, 0.1) is 11.6 Å². The largest absolute Gasteiger partial charge is 0.368 e. The molecule has 1 saturated heterocycles. The first-order chi connectivity index (χ1) is 11.1. The Labute approximate surface area is 138 Å². The number of nitrogens with one attached hydrogen (secondary N) is 1. The van der Waals surface area contributed by atoms with E-state index in [1.165, 1.54) is 0 Å². The van der Waals surface area contributed by atoms with Gasteiger partial charge < -0.3 is 20.0 Å². The minimum absolute atomic E-state index is 0.0224. The van der Waals surface area contributed by atoms with Crippen LogP contribution in [0.5, 0.6) is 0 Å². The predicted octanol–water partition coefficient (Wildman–Crippen LogP) is 1.34. The van der Waals surface area contributed by atoms with Gasteiger partial charge in [-0.25, -0.2) is 4.79 Å². The summed E-state index contributed by atoms with van der Waals surface area (Å²) in [4.78, 5) is 18.3. The second kappa shape index (κ2) is 8.39. The Balaban J connectivity index is 1.77. The van der Waals surface area contributed by atoms with Crippen LogP contribution in [0.4, 0.5) is 10.5 Å². The summed E-state index contributed by atoms with van der Waals surface area (Å²) in [5, 5.41) is 12.0. The van der Waals surface area contributed by atoms with E-state index in [2.05, 4.69) is 21.2 Å². The molecule has 1 aliphatic rings. The Hall–Kier alpha value is -2.26. The fourth-order valence-electron chi connectivity index (χ4n) is 2.64. The van der Waals surface area contributed by atoms with Crippen molar-refractivity contribution in [1.82, 2.24) is 15.1 Å². The zero-order valence-electron chi connectivity index (χ0n) is 14.0. The molecule has 1 aliphatic heterocycles. The van der Waals surface area contributed by atoms with Gasteiger partial charge in [-0.3, -0.25) is 0 Å². The monoisotopic (exact) mass is 315 g/mol. The lowest BCUT2D eigenvalue weighted by atomic mass is 10.2. The van der Waals surface area contributed by atoms with Crippen LogP contribution < -0.4 is 10.2 Å². The van der Waals surface area contributed by atoms with Crippen molar-refractivity contribution in [1.29, 1.82) is 5.26 Å². The van der Waals surface area contributed by atoms with Crippen molar-refractivity contribution in [3.05, 3.63) is 29.8 Å². The number of amides is 2. The zero-order valence-corrected chi connectivity index (χ0v) is 14.0. The van der Waals surface area contributed by atoms with E-state index >= 15 is 0 Å². The molecule has 0 bridgehead atoms. The van der Waals surface area contributed by atoms with Crippen molar-refractivity contribution >= 4 is 11.7 Å². The Kier molecular flexibility index (Phi) is 6.24.